The second kappa shape index (κ2) is 9.95. The van der Waals surface area contributed by atoms with Crippen LogP contribution in [0.4, 0.5) is 0 Å². The number of aryl methyl sites for hydroxylation is 1. The molecular formula is C19H26Cl2N2O2. The maximum absolute atomic E-state index is 11.5. The van der Waals surface area contributed by atoms with Crippen molar-refractivity contribution in [1.29, 1.82) is 0 Å². The lowest BCUT2D eigenvalue weighted by Crippen LogP contribution is -2.29. The number of carbonyl (C=O) groups excluding carboxylic acids is 1. The van der Waals surface area contributed by atoms with E-state index in [1.165, 1.54) is 22.2 Å². The summed E-state index contributed by atoms with van der Waals surface area (Å²) < 4.78 is 5.02. The molecule has 1 aliphatic heterocycles. The van der Waals surface area contributed by atoms with Gasteiger partial charge in [0.25, 0.3) is 0 Å². The molecule has 0 aliphatic carbocycles. The molecule has 1 aliphatic rings. The standard InChI is InChI=1S/C19H24N2O2.2ClH/c1-3-23-19(22)10-13-21-11-8-16-14(2)15-6-4-5-7-17(15)20-18(16)9-12-21;;/h4-7H,3,8-13H2,1-2H3;2*1H. The van der Waals surface area contributed by atoms with Gasteiger partial charge in [0.15, 0.2) is 0 Å². The molecule has 0 saturated carbocycles. The summed E-state index contributed by atoms with van der Waals surface area (Å²) in [5, 5.41) is 1.26. The molecule has 1 aromatic heterocycles. The third kappa shape index (κ3) is 5.06. The van der Waals surface area contributed by atoms with Crippen molar-refractivity contribution in [1.82, 2.24) is 9.88 Å². The first-order valence-corrected chi connectivity index (χ1v) is 8.44. The fraction of sp³-hybridized carbons (Fsp3) is 0.474. The number of ether oxygens (including phenoxy) is 1. The molecule has 0 saturated heterocycles. The van der Waals surface area contributed by atoms with Gasteiger partial charge in [-0.2, -0.15) is 0 Å². The number of halogens is 2. The lowest BCUT2D eigenvalue weighted by Gasteiger charge is -2.18. The lowest BCUT2D eigenvalue weighted by atomic mass is 9.99. The molecule has 2 aromatic rings. The Kier molecular flexibility index (Phi) is 8.63. The van der Waals surface area contributed by atoms with Crippen molar-refractivity contribution < 1.29 is 9.53 Å². The summed E-state index contributed by atoms with van der Waals surface area (Å²) in [6, 6.07) is 8.36. The first kappa shape index (κ1) is 21.7. The van der Waals surface area contributed by atoms with Crippen molar-refractivity contribution in [3.8, 4) is 0 Å². The van der Waals surface area contributed by atoms with Gasteiger partial charge in [0.1, 0.15) is 0 Å². The van der Waals surface area contributed by atoms with Gasteiger partial charge in [-0.15, -0.1) is 24.8 Å². The second-order valence-electron chi connectivity index (χ2n) is 6.08. The smallest absolute Gasteiger partial charge is 0.307 e. The normalized spacial score (nSPS) is 14.0. The summed E-state index contributed by atoms with van der Waals surface area (Å²) in [5.41, 5.74) is 5.06. The molecule has 0 unspecified atom stereocenters. The molecule has 0 amide bonds. The minimum Gasteiger partial charge on any atom is -0.466 e. The average molecular weight is 385 g/mol. The fourth-order valence-corrected chi connectivity index (χ4v) is 3.37. The first-order valence-electron chi connectivity index (χ1n) is 8.44. The Hall–Kier alpha value is -1.36. The Morgan fingerprint density at radius 3 is 2.68 bits per heavy atom. The van der Waals surface area contributed by atoms with E-state index < -0.39 is 0 Å². The van der Waals surface area contributed by atoms with Crippen molar-refractivity contribution in [3.63, 3.8) is 0 Å². The highest BCUT2D eigenvalue weighted by atomic mass is 35.5. The number of carbonyl (C=O) groups is 1. The number of pyridine rings is 1. The van der Waals surface area contributed by atoms with Crippen molar-refractivity contribution in [3.05, 3.63) is 41.1 Å². The van der Waals surface area contributed by atoms with E-state index in [1.54, 1.807) is 0 Å². The van der Waals surface area contributed by atoms with Crippen LogP contribution >= 0.6 is 24.8 Å². The Morgan fingerprint density at radius 2 is 1.92 bits per heavy atom. The highest BCUT2D eigenvalue weighted by Crippen LogP contribution is 2.25. The Bertz CT molecular complexity index is 722. The van der Waals surface area contributed by atoms with Gasteiger partial charge in [0, 0.05) is 37.1 Å². The van der Waals surface area contributed by atoms with E-state index in [4.69, 9.17) is 9.72 Å². The number of aromatic nitrogens is 1. The van der Waals surface area contributed by atoms with Crippen molar-refractivity contribution in [2.24, 2.45) is 0 Å². The average Bonchev–Trinajstić information content (AvgIpc) is 2.76. The number of esters is 1. The summed E-state index contributed by atoms with van der Waals surface area (Å²) >= 11 is 0. The van der Waals surface area contributed by atoms with Crippen molar-refractivity contribution in [2.45, 2.75) is 33.1 Å². The molecule has 0 spiro atoms. The van der Waals surface area contributed by atoms with Crippen LogP contribution in [0.25, 0.3) is 10.9 Å². The fourth-order valence-electron chi connectivity index (χ4n) is 3.37. The molecular weight excluding hydrogens is 359 g/mol. The number of hydrogen-bond acceptors (Lipinski definition) is 4. The van der Waals surface area contributed by atoms with E-state index in [-0.39, 0.29) is 30.8 Å². The monoisotopic (exact) mass is 384 g/mol. The quantitative estimate of drug-likeness (QED) is 0.752. The van der Waals surface area contributed by atoms with Crippen LogP contribution in [0.15, 0.2) is 24.3 Å². The number of fused-ring (bicyclic) bond motifs is 2. The van der Waals surface area contributed by atoms with Crippen LogP contribution in [0.5, 0.6) is 0 Å². The first-order chi connectivity index (χ1) is 11.2. The molecule has 4 nitrogen and oxygen atoms in total. The summed E-state index contributed by atoms with van der Waals surface area (Å²) in [7, 11) is 0. The molecule has 25 heavy (non-hydrogen) atoms. The summed E-state index contributed by atoms with van der Waals surface area (Å²) in [5.74, 6) is -0.102. The number of nitrogens with zero attached hydrogens (tertiary/aromatic N) is 2. The number of para-hydroxylation sites is 1. The van der Waals surface area contributed by atoms with Crippen molar-refractivity contribution in [2.75, 3.05) is 26.2 Å². The van der Waals surface area contributed by atoms with Crippen LogP contribution in [0.3, 0.4) is 0 Å². The minimum atomic E-state index is -0.102. The van der Waals surface area contributed by atoms with Crippen LogP contribution in [0, 0.1) is 6.92 Å². The maximum Gasteiger partial charge on any atom is 0.307 e. The summed E-state index contributed by atoms with van der Waals surface area (Å²) in [6.45, 7) is 7.21. The molecule has 0 bridgehead atoms. The van der Waals surface area contributed by atoms with Gasteiger partial charge in [0.2, 0.25) is 0 Å². The third-order valence-electron chi connectivity index (χ3n) is 4.64. The minimum absolute atomic E-state index is 0. The predicted octanol–water partition coefficient (Wildman–Crippen LogP) is 3.74. The van der Waals surface area contributed by atoms with Crippen LogP contribution in [-0.2, 0) is 22.4 Å². The summed E-state index contributed by atoms with van der Waals surface area (Å²) in [4.78, 5) is 18.8. The van der Waals surface area contributed by atoms with E-state index in [0.717, 1.165) is 38.0 Å². The van der Waals surface area contributed by atoms with Crippen LogP contribution in [0.1, 0.15) is 30.2 Å². The zero-order chi connectivity index (χ0) is 16.2. The molecule has 0 radical (unpaired) electrons. The summed E-state index contributed by atoms with van der Waals surface area (Å²) in [6.07, 6.45) is 2.42. The zero-order valence-corrected chi connectivity index (χ0v) is 16.4. The van der Waals surface area contributed by atoms with E-state index in [1.807, 2.05) is 13.0 Å². The van der Waals surface area contributed by atoms with Crippen LogP contribution < -0.4 is 0 Å². The third-order valence-corrected chi connectivity index (χ3v) is 4.64. The van der Waals surface area contributed by atoms with Gasteiger partial charge in [0.05, 0.1) is 18.5 Å². The number of benzene rings is 1. The van der Waals surface area contributed by atoms with Crippen molar-refractivity contribution >= 4 is 41.7 Å². The maximum atomic E-state index is 11.5. The van der Waals surface area contributed by atoms with Crippen LogP contribution in [-0.4, -0.2) is 42.1 Å². The van der Waals surface area contributed by atoms with Gasteiger partial charge >= 0.3 is 5.97 Å². The molecule has 3 rings (SSSR count). The predicted molar refractivity (Wildman–Crippen MR) is 106 cm³/mol. The highest BCUT2D eigenvalue weighted by Gasteiger charge is 2.19. The van der Waals surface area contributed by atoms with Gasteiger partial charge in [-0.3, -0.25) is 9.78 Å². The Morgan fingerprint density at radius 1 is 1.20 bits per heavy atom. The topological polar surface area (TPSA) is 42.4 Å². The molecule has 0 fully saturated rings. The Labute approximate surface area is 161 Å². The van der Waals surface area contributed by atoms with E-state index in [9.17, 15) is 4.79 Å². The molecule has 0 N–H and O–H groups in total. The number of hydrogen-bond donors (Lipinski definition) is 0. The van der Waals surface area contributed by atoms with E-state index in [0.29, 0.717) is 13.0 Å². The molecule has 1 aromatic carbocycles. The lowest BCUT2D eigenvalue weighted by molar-refractivity contribution is -0.143. The van der Waals surface area contributed by atoms with Gasteiger partial charge in [-0.25, -0.2) is 0 Å². The zero-order valence-electron chi connectivity index (χ0n) is 14.8. The molecule has 6 heteroatoms. The molecule has 0 atom stereocenters. The Balaban J connectivity index is 0.00000156. The van der Waals surface area contributed by atoms with E-state index in [2.05, 4.69) is 30.0 Å². The van der Waals surface area contributed by atoms with Gasteiger partial charge < -0.3 is 9.64 Å². The molecule has 138 valence electrons. The SMILES string of the molecule is CCOC(=O)CCN1CCc2nc3ccccc3c(C)c2CC1.Cl.Cl. The molecule has 2 heterocycles. The highest BCUT2D eigenvalue weighted by molar-refractivity contribution is 5.85. The van der Waals surface area contributed by atoms with Crippen LogP contribution in [0.2, 0.25) is 0 Å². The van der Waals surface area contributed by atoms with Gasteiger partial charge in [-0.05, 0) is 37.5 Å². The van der Waals surface area contributed by atoms with E-state index >= 15 is 0 Å². The second-order valence-corrected chi connectivity index (χ2v) is 6.08. The number of rotatable bonds is 4. The van der Waals surface area contributed by atoms with Gasteiger partial charge in [-0.1, -0.05) is 18.2 Å². The largest absolute Gasteiger partial charge is 0.466 e.